The van der Waals surface area contributed by atoms with Crippen LogP contribution >= 0.6 is 23.2 Å². The minimum absolute atomic E-state index is 0.0853. The topological polar surface area (TPSA) is 38.3 Å². The Balaban J connectivity index is 1.80. The summed E-state index contributed by atoms with van der Waals surface area (Å²) in [5.41, 5.74) is 2.21. The van der Waals surface area contributed by atoms with Crippen LogP contribution in [0.1, 0.15) is 23.0 Å². The van der Waals surface area contributed by atoms with E-state index < -0.39 is 0 Å². The van der Waals surface area contributed by atoms with Gasteiger partial charge in [-0.15, -0.1) is 0 Å². The maximum absolute atomic E-state index is 12.2. The van der Waals surface area contributed by atoms with E-state index in [2.05, 4.69) is 23.5 Å². The minimum Gasteiger partial charge on any atom is -0.497 e. The van der Waals surface area contributed by atoms with E-state index >= 15 is 0 Å². The summed E-state index contributed by atoms with van der Waals surface area (Å²) in [4.78, 5) is 12.2. The van der Waals surface area contributed by atoms with E-state index in [1.165, 1.54) is 5.56 Å². The second kappa shape index (κ2) is 6.98. The number of rotatable bonds is 3. The lowest BCUT2D eigenvalue weighted by Crippen LogP contribution is -2.29. The predicted octanol–water partition coefficient (Wildman–Crippen LogP) is 4.80. The van der Waals surface area contributed by atoms with Crippen molar-refractivity contribution >= 4 is 29.1 Å². The first-order valence-corrected chi connectivity index (χ1v) is 9.39. The Labute approximate surface area is 163 Å². The molecule has 2 aromatic carbocycles. The summed E-state index contributed by atoms with van der Waals surface area (Å²) >= 11 is 12.6. The molecule has 0 radical (unpaired) electrons. The number of carbonyl (C=O) groups is 1. The number of hydrogen-bond donors (Lipinski definition) is 1. The summed E-state index contributed by atoms with van der Waals surface area (Å²) in [6.07, 6.45) is 4.15. The molecule has 3 nitrogen and oxygen atoms in total. The highest BCUT2D eigenvalue weighted by atomic mass is 35.5. The SMILES string of the molecule is COc1ccc([C@@H]2[C@@H]3CNC(=O)[C@H]3C=C[C@H]2c2ccc(Cl)cc2Cl)cc1. The minimum atomic E-state index is -0.0931. The van der Waals surface area contributed by atoms with Crippen LogP contribution in [0, 0.1) is 11.8 Å². The Morgan fingerprint density at radius 1 is 1.04 bits per heavy atom. The molecule has 0 aromatic heterocycles. The summed E-state index contributed by atoms with van der Waals surface area (Å²) in [7, 11) is 1.66. The van der Waals surface area contributed by atoms with Gasteiger partial charge < -0.3 is 10.1 Å². The average Bonchev–Trinajstić information content (AvgIpc) is 3.02. The Morgan fingerprint density at radius 2 is 1.77 bits per heavy atom. The lowest BCUT2D eigenvalue weighted by molar-refractivity contribution is -0.121. The van der Waals surface area contributed by atoms with Crippen molar-refractivity contribution in [1.82, 2.24) is 5.32 Å². The van der Waals surface area contributed by atoms with Crippen LogP contribution in [0.25, 0.3) is 0 Å². The molecular formula is C21H19Cl2NO2. The van der Waals surface area contributed by atoms with Crippen LogP contribution < -0.4 is 10.1 Å². The number of carbonyl (C=O) groups excluding carboxylic acids is 1. The van der Waals surface area contributed by atoms with E-state index in [4.69, 9.17) is 27.9 Å². The van der Waals surface area contributed by atoms with Crippen molar-refractivity contribution in [3.05, 3.63) is 75.8 Å². The maximum atomic E-state index is 12.2. The first-order chi connectivity index (χ1) is 12.6. The number of halogens is 2. The molecule has 1 aliphatic heterocycles. The van der Waals surface area contributed by atoms with Crippen molar-refractivity contribution in [1.29, 1.82) is 0 Å². The van der Waals surface area contributed by atoms with Gasteiger partial charge in [-0.1, -0.05) is 53.6 Å². The molecule has 26 heavy (non-hydrogen) atoms. The van der Waals surface area contributed by atoms with E-state index in [0.717, 1.165) is 11.3 Å². The second-order valence-corrected chi connectivity index (χ2v) is 7.65. The smallest absolute Gasteiger partial charge is 0.227 e. The van der Waals surface area contributed by atoms with E-state index in [-0.39, 0.29) is 29.6 Å². The molecule has 1 fully saturated rings. The van der Waals surface area contributed by atoms with Crippen molar-refractivity contribution in [3.63, 3.8) is 0 Å². The first kappa shape index (κ1) is 17.4. The lowest BCUT2D eigenvalue weighted by Gasteiger charge is -2.36. The first-order valence-electron chi connectivity index (χ1n) is 8.63. The lowest BCUT2D eigenvalue weighted by atomic mass is 9.67. The van der Waals surface area contributed by atoms with E-state index in [1.807, 2.05) is 30.3 Å². The number of nitrogens with one attached hydrogen (secondary N) is 1. The number of fused-ring (bicyclic) bond motifs is 1. The van der Waals surface area contributed by atoms with Gasteiger partial charge in [-0.25, -0.2) is 0 Å². The van der Waals surface area contributed by atoms with Crippen LogP contribution in [0.5, 0.6) is 5.75 Å². The van der Waals surface area contributed by atoms with Crippen molar-refractivity contribution in [2.45, 2.75) is 11.8 Å². The highest BCUT2D eigenvalue weighted by Crippen LogP contribution is 2.49. The summed E-state index contributed by atoms with van der Waals surface area (Å²) in [5.74, 6) is 1.25. The van der Waals surface area contributed by atoms with Crippen molar-refractivity contribution in [3.8, 4) is 5.75 Å². The second-order valence-electron chi connectivity index (χ2n) is 6.81. The zero-order valence-electron chi connectivity index (χ0n) is 14.3. The van der Waals surface area contributed by atoms with Gasteiger partial charge in [0.05, 0.1) is 13.0 Å². The van der Waals surface area contributed by atoms with Gasteiger partial charge in [-0.2, -0.15) is 0 Å². The molecule has 1 amide bonds. The molecule has 4 atom stereocenters. The van der Waals surface area contributed by atoms with Crippen molar-refractivity contribution in [2.24, 2.45) is 11.8 Å². The normalized spacial score (nSPS) is 27.1. The number of hydrogen-bond acceptors (Lipinski definition) is 2. The van der Waals surface area contributed by atoms with Gasteiger partial charge in [0, 0.05) is 22.5 Å². The molecule has 5 heteroatoms. The van der Waals surface area contributed by atoms with Crippen LogP contribution in [-0.4, -0.2) is 19.6 Å². The largest absolute Gasteiger partial charge is 0.497 e. The van der Waals surface area contributed by atoms with Gasteiger partial charge in [0.1, 0.15) is 5.75 Å². The third-order valence-corrected chi connectivity index (χ3v) is 6.03. The molecule has 2 aliphatic rings. The summed E-state index contributed by atoms with van der Waals surface area (Å²) in [6.45, 7) is 0.673. The molecule has 1 heterocycles. The van der Waals surface area contributed by atoms with E-state index in [1.54, 1.807) is 13.2 Å². The number of benzene rings is 2. The fourth-order valence-corrected chi connectivity index (χ4v) is 4.75. The molecular weight excluding hydrogens is 369 g/mol. The fraction of sp³-hybridized carbons (Fsp3) is 0.286. The molecule has 4 rings (SSSR count). The zero-order valence-corrected chi connectivity index (χ0v) is 15.8. The number of methoxy groups -OCH3 is 1. The predicted molar refractivity (Wildman–Crippen MR) is 104 cm³/mol. The molecule has 0 saturated carbocycles. The molecule has 1 N–H and O–H groups in total. The number of amides is 1. The number of ether oxygens (including phenoxy) is 1. The number of allylic oxidation sites excluding steroid dienone is 1. The summed E-state index contributed by atoms with van der Waals surface area (Å²) in [6, 6.07) is 13.7. The van der Waals surface area contributed by atoms with Gasteiger partial charge in [-0.05, 0) is 47.2 Å². The van der Waals surface area contributed by atoms with Crippen LogP contribution in [-0.2, 0) is 4.79 Å². The van der Waals surface area contributed by atoms with Crippen LogP contribution in [0.4, 0.5) is 0 Å². The van der Waals surface area contributed by atoms with E-state index in [9.17, 15) is 4.79 Å². The third-order valence-electron chi connectivity index (χ3n) is 5.47. The van der Waals surface area contributed by atoms with Crippen molar-refractivity contribution < 1.29 is 9.53 Å². The third kappa shape index (κ3) is 3.00. The average molecular weight is 388 g/mol. The van der Waals surface area contributed by atoms with Gasteiger partial charge in [0.15, 0.2) is 0 Å². The molecule has 0 spiro atoms. The quantitative estimate of drug-likeness (QED) is 0.767. The highest BCUT2D eigenvalue weighted by Gasteiger charge is 2.44. The van der Waals surface area contributed by atoms with Crippen molar-refractivity contribution in [2.75, 3.05) is 13.7 Å². The summed E-state index contributed by atoms with van der Waals surface area (Å²) < 4.78 is 5.29. The highest BCUT2D eigenvalue weighted by molar-refractivity contribution is 6.35. The zero-order chi connectivity index (χ0) is 18.3. The Morgan fingerprint density at radius 3 is 2.46 bits per heavy atom. The van der Waals surface area contributed by atoms with Gasteiger partial charge >= 0.3 is 0 Å². The molecule has 0 bridgehead atoms. The van der Waals surface area contributed by atoms with E-state index in [0.29, 0.717) is 16.6 Å². The monoisotopic (exact) mass is 387 g/mol. The molecule has 1 saturated heterocycles. The Bertz CT molecular complexity index is 863. The Hall–Kier alpha value is -1.97. The molecule has 0 unspecified atom stereocenters. The molecule has 134 valence electrons. The van der Waals surface area contributed by atoms with Crippen LogP contribution in [0.15, 0.2) is 54.6 Å². The van der Waals surface area contributed by atoms with Gasteiger partial charge in [0.25, 0.3) is 0 Å². The van der Waals surface area contributed by atoms with Gasteiger partial charge in [-0.3, -0.25) is 4.79 Å². The summed E-state index contributed by atoms with van der Waals surface area (Å²) in [5, 5.41) is 4.29. The molecule has 1 aliphatic carbocycles. The molecule has 2 aromatic rings. The maximum Gasteiger partial charge on any atom is 0.227 e. The fourth-order valence-electron chi connectivity index (χ4n) is 4.21. The Kier molecular flexibility index (Phi) is 4.68. The van der Waals surface area contributed by atoms with Gasteiger partial charge in [0.2, 0.25) is 5.91 Å². The van der Waals surface area contributed by atoms with Crippen LogP contribution in [0.2, 0.25) is 10.0 Å². The standard InChI is InChI=1S/C21H19Cl2NO2/c1-26-14-5-2-12(3-6-14)20-16(15-7-4-13(22)10-19(15)23)8-9-17-18(20)11-24-21(17)25/h2-10,16-18,20H,11H2,1H3,(H,24,25)/t16-,17-,18+,20-/m0/s1. The van der Waals surface area contributed by atoms with Crippen LogP contribution in [0.3, 0.4) is 0 Å².